The number of halogens is 1. The van der Waals surface area contributed by atoms with E-state index in [1.807, 2.05) is 7.05 Å². The maximum Gasteiger partial charge on any atom is 0.144 e. The summed E-state index contributed by atoms with van der Waals surface area (Å²) >= 11 is 7.89. The average molecular weight is 245 g/mol. The molecule has 2 nitrogen and oxygen atoms in total. The third kappa shape index (κ3) is 2.71. The van der Waals surface area contributed by atoms with Gasteiger partial charge in [-0.1, -0.05) is 30.9 Å². The number of aromatic nitrogens is 1. The SMILES string of the molecule is CNCc1sc(C2CCCCC2)nc1Cl. The van der Waals surface area contributed by atoms with Gasteiger partial charge in [-0.3, -0.25) is 0 Å². The molecule has 1 fully saturated rings. The third-order valence-electron chi connectivity index (χ3n) is 2.96. The fourth-order valence-corrected chi connectivity index (χ4v) is 3.61. The van der Waals surface area contributed by atoms with E-state index < -0.39 is 0 Å². The zero-order valence-electron chi connectivity index (χ0n) is 9.05. The molecular formula is C11H17ClN2S. The summed E-state index contributed by atoms with van der Waals surface area (Å²) in [6.07, 6.45) is 6.68. The highest BCUT2D eigenvalue weighted by molar-refractivity contribution is 7.12. The molecule has 84 valence electrons. The van der Waals surface area contributed by atoms with Gasteiger partial charge in [-0.25, -0.2) is 4.98 Å². The van der Waals surface area contributed by atoms with Crippen LogP contribution in [0.4, 0.5) is 0 Å². The van der Waals surface area contributed by atoms with E-state index in [-0.39, 0.29) is 0 Å². The number of hydrogen-bond donors (Lipinski definition) is 1. The fraction of sp³-hybridized carbons (Fsp3) is 0.727. The van der Waals surface area contributed by atoms with Gasteiger partial charge in [0.05, 0.1) is 9.88 Å². The normalized spacial score (nSPS) is 18.3. The highest BCUT2D eigenvalue weighted by atomic mass is 35.5. The van der Waals surface area contributed by atoms with Crippen LogP contribution in [0.25, 0.3) is 0 Å². The molecule has 15 heavy (non-hydrogen) atoms. The maximum absolute atomic E-state index is 6.10. The predicted molar refractivity (Wildman–Crippen MR) is 65.7 cm³/mol. The molecule has 0 spiro atoms. The number of hydrogen-bond acceptors (Lipinski definition) is 3. The Kier molecular flexibility index (Phi) is 4.00. The summed E-state index contributed by atoms with van der Waals surface area (Å²) in [6.45, 7) is 0.837. The predicted octanol–water partition coefficient (Wildman–Crippen LogP) is 3.56. The summed E-state index contributed by atoms with van der Waals surface area (Å²) in [5.74, 6) is 0.673. The second kappa shape index (κ2) is 5.28. The molecule has 0 bridgehead atoms. The Balaban J connectivity index is 2.10. The maximum atomic E-state index is 6.10. The second-order valence-electron chi connectivity index (χ2n) is 4.13. The molecule has 1 aromatic rings. The summed E-state index contributed by atoms with van der Waals surface area (Å²) in [5.41, 5.74) is 0. The van der Waals surface area contributed by atoms with Crippen LogP contribution in [-0.2, 0) is 6.54 Å². The van der Waals surface area contributed by atoms with E-state index in [0.717, 1.165) is 6.54 Å². The van der Waals surface area contributed by atoms with Crippen molar-refractivity contribution in [3.05, 3.63) is 15.0 Å². The molecule has 0 unspecified atom stereocenters. The van der Waals surface area contributed by atoms with Crippen molar-refractivity contribution in [1.82, 2.24) is 10.3 Å². The average Bonchev–Trinajstić information content (AvgIpc) is 2.63. The van der Waals surface area contributed by atoms with E-state index in [1.54, 1.807) is 11.3 Å². The molecule has 1 aliphatic rings. The van der Waals surface area contributed by atoms with Crippen LogP contribution in [0, 0.1) is 0 Å². The molecule has 1 aromatic heterocycles. The van der Waals surface area contributed by atoms with Gasteiger partial charge < -0.3 is 5.32 Å². The first-order valence-corrected chi connectivity index (χ1v) is 6.80. The van der Waals surface area contributed by atoms with Gasteiger partial charge >= 0.3 is 0 Å². The Morgan fingerprint density at radius 2 is 2.13 bits per heavy atom. The van der Waals surface area contributed by atoms with E-state index in [0.29, 0.717) is 11.1 Å². The molecule has 1 saturated carbocycles. The molecule has 0 aliphatic heterocycles. The van der Waals surface area contributed by atoms with Gasteiger partial charge in [-0.15, -0.1) is 11.3 Å². The van der Waals surface area contributed by atoms with Gasteiger partial charge in [-0.2, -0.15) is 0 Å². The minimum atomic E-state index is 0.673. The Hall–Kier alpha value is -0.120. The van der Waals surface area contributed by atoms with E-state index in [9.17, 15) is 0 Å². The molecule has 0 saturated heterocycles. The van der Waals surface area contributed by atoms with Gasteiger partial charge in [0, 0.05) is 12.5 Å². The lowest BCUT2D eigenvalue weighted by atomic mass is 9.90. The Bertz CT molecular complexity index is 318. The van der Waals surface area contributed by atoms with Crippen molar-refractivity contribution in [2.24, 2.45) is 0 Å². The molecule has 4 heteroatoms. The van der Waals surface area contributed by atoms with E-state index in [4.69, 9.17) is 11.6 Å². The highest BCUT2D eigenvalue weighted by Gasteiger charge is 2.20. The van der Waals surface area contributed by atoms with Crippen LogP contribution in [0.5, 0.6) is 0 Å². The summed E-state index contributed by atoms with van der Waals surface area (Å²) in [6, 6.07) is 0. The van der Waals surface area contributed by atoms with E-state index in [2.05, 4.69) is 10.3 Å². The van der Waals surface area contributed by atoms with Crippen molar-refractivity contribution in [3.8, 4) is 0 Å². The van der Waals surface area contributed by atoms with Gasteiger partial charge in [0.2, 0.25) is 0 Å². The molecular weight excluding hydrogens is 228 g/mol. The number of nitrogens with one attached hydrogen (secondary N) is 1. The zero-order valence-corrected chi connectivity index (χ0v) is 10.6. The van der Waals surface area contributed by atoms with Crippen molar-refractivity contribution < 1.29 is 0 Å². The molecule has 1 aliphatic carbocycles. The lowest BCUT2D eigenvalue weighted by Crippen LogP contribution is -2.03. The van der Waals surface area contributed by atoms with Gasteiger partial charge in [0.1, 0.15) is 5.15 Å². The first-order valence-electron chi connectivity index (χ1n) is 5.61. The van der Waals surface area contributed by atoms with Crippen LogP contribution in [0.15, 0.2) is 0 Å². The highest BCUT2D eigenvalue weighted by Crippen LogP contribution is 2.36. The van der Waals surface area contributed by atoms with Crippen LogP contribution in [0.1, 0.15) is 47.9 Å². The number of rotatable bonds is 3. The Morgan fingerprint density at radius 3 is 2.80 bits per heavy atom. The fourth-order valence-electron chi connectivity index (χ4n) is 2.14. The molecule has 0 aromatic carbocycles. The summed E-state index contributed by atoms with van der Waals surface area (Å²) in [4.78, 5) is 5.68. The van der Waals surface area contributed by atoms with Crippen molar-refractivity contribution in [1.29, 1.82) is 0 Å². The van der Waals surface area contributed by atoms with Crippen LogP contribution in [0.2, 0.25) is 5.15 Å². The molecule has 2 rings (SSSR count). The lowest BCUT2D eigenvalue weighted by molar-refractivity contribution is 0.442. The summed E-state index contributed by atoms with van der Waals surface area (Å²) < 4.78 is 0. The topological polar surface area (TPSA) is 24.9 Å². The van der Waals surface area contributed by atoms with Crippen LogP contribution >= 0.6 is 22.9 Å². The molecule has 0 amide bonds. The summed E-state index contributed by atoms with van der Waals surface area (Å²) in [5, 5.41) is 5.09. The standard InChI is InChI=1S/C11H17ClN2S/c1-13-7-9-10(12)14-11(15-9)8-5-3-2-4-6-8/h8,13H,2-7H2,1H3. The van der Waals surface area contributed by atoms with Crippen molar-refractivity contribution in [3.63, 3.8) is 0 Å². The van der Waals surface area contributed by atoms with Gasteiger partial charge in [0.25, 0.3) is 0 Å². The van der Waals surface area contributed by atoms with E-state index >= 15 is 0 Å². The second-order valence-corrected chi connectivity index (χ2v) is 5.60. The minimum absolute atomic E-state index is 0.673. The van der Waals surface area contributed by atoms with Crippen molar-refractivity contribution >= 4 is 22.9 Å². The first-order chi connectivity index (χ1) is 7.31. The third-order valence-corrected chi connectivity index (χ3v) is 4.60. The first kappa shape index (κ1) is 11.4. The van der Waals surface area contributed by atoms with Gasteiger partial charge in [-0.05, 0) is 19.9 Å². The monoisotopic (exact) mass is 244 g/mol. The Labute approximate surface area is 100 Å². The Morgan fingerprint density at radius 1 is 1.40 bits per heavy atom. The summed E-state index contributed by atoms with van der Waals surface area (Å²) in [7, 11) is 1.94. The van der Waals surface area contributed by atoms with Crippen molar-refractivity contribution in [2.45, 2.75) is 44.6 Å². The van der Waals surface area contributed by atoms with Crippen LogP contribution < -0.4 is 5.32 Å². The van der Waals surface area contributed by atoms with Crippen molar-refractivity contribution in [2.75, 3.05) is 7.05 Å². The quantitative estimate of drug-likeness (QED) is 0.880. The lowest BCUT2D eigenvalue weighted by Gasteiger charge is -2.18. The number of nitrogens with zero attached hydrogens (tertiary/aromatic N) is 1. The zero-order chi connectivity index (χ0) is 10.7. The van der Waals surface area contributed by atoms with Crippen LogP contribution in [-0.4, -0.2) is 12.0 Å². The smallest absolute Gasteiger partial charge is 0.144 e. The largest absolute Gasteiger partial charge is 0.315 e. The molecule has 0 radical (unpaired) electrons. The van der Waals surface area contributed by atoms with Gasteiger partial charge in [0.15, 0.2) is 0 Å². The van der Waals surface area contributed by atoms with E-state index in [1.165, 1.54) is 42.0 Å². The molecule has 0 atom stereocenters. The minimum Gasteiger partial charge on any atom is -0.315 e. The molecule has 1 heterocycles. The molecule has 1 N–H and O–H groups in total. The number of thiazole rings is 1. The van der Waals surface area contributed by atoms with Crippen LogP contribution in [0.3, 0.4) is 0 Å².